The second-order valence-corrected chi connectivity index (χ2v) is 6.19. The number of ketones is 2. The van der Waals surface area contributed by atoms with Crippen LogP contribution in [0.15, 0.2) is 65.3 Å². The van der Waals surface area contributed by atoms with Crippen LogP contribution in [0.25, 0.3) is 0 Å². The molecule has 0 aromatic heterocycles. The van der Waals surface area contributed by atoms with Crippen molar-refractivity contribution in [3.63, 3.8) is 0 Å². The summed E-state index contributed by atoms with van der Waals surface area (Å²) in [5, 5.41) is 0.458. The lowest BCUT2D eigenvalue weighted by Crippen LogP contribution is -2.05. The standard InChI is InChI=1S/C18H12O3S/c19-16-12-8-4-5-9-13(12)17(20)15(16)18-21-14(10-22-18)11-6-2-1-3-7-11/h1-9,14H,10H2. The Morgan fingerprint density at radius 3 is 2.09 bits per heavy atom. The molecule has 0 amide bonds. The molecule has 0 N–H and O–H groups in total. The van der Waals surface area contributed by atoms with Crippen LogP contribution < -0.4 is 0 Å². The van der Waals surface area contributed by atoms with Gasteiger partial charge in [-0.05, 0) is 5.56 Å². The number of rotatable bonds is 1. The number of Topliss-reactive ketones (excluding diaryl/α,β-unsaturated/α-hetero) is 2. The van der Waals surface area contributed by atoms with Gasteiger partial charge in [-0.2, -0.15) is 0 Å². The van der Waals surface area contributed by atoms with Gasteiger partial charge in [0, 0.05) is 16.9 Å². The molecule has 1 unspecified atom stereocenters. The fourth-order valence-electron chi connectivity index (χ4n) is 2.75. The molecule has 0 bridgehead atoms. The number of benzene rings is 2. The molecule has 0 saturated carbocycles. The highest BCUT2D eigenvalue weighted by molar-refractivity contribution is 8.03. The zero-order valence-corrected chi connectivity index (χ0v) is 12.4. The largest absolute Gasteiger partial charge is 0.478 e. The molecule has 1 aliphatic heterocycles. The first-order valence-electron chi connectivity index (χ1n) is 7.03. The van der Waals surface area contributed by atoms with E-state index in [1.54, 1.807) is 24.3 Å². The number of allylic oxidation sites excluding steroid dienone is 1. The second-order valence-electron chi connectivity index (χ2n) is 5.19. The van der Waals surface area contributed by atoms with Gasteiger partial charge in [0.05, 0.1) is 0 Å². The van der Waals surface area contributed by atoms with Crippen LogP contribution in [0.5, 0.6) is 0 Å². The third-order valence-corrected chi connectivity index (χ3v) is 4.89. The van der Waals surface area contributed by atoms with E-state index < -0.39 is 0 Å². The van der Waals surface area contributed by atoms with E-state index in [4.69, 9.17) is 4.74 Å². The Kier molecular flexibility index (Phi) is 3.12. The second kappa shape index (κ2) is 5.14. The molecule has 2 aromatic carbocycles. The molecule has 2 aromatic rings. The Morgan fingerprint density at radius 2 is 1.45 bits per heavy atom. The van der Waals surface area contributed by atoms with Crippen LogP contribution in [0, 0.1) is 0 Å². The van der Waals surface area contributed by atoms with Crippen LogP contribution in [-0.4, -0.2) is 17.3 Å². The van der Waals surface area contributed by atoms with Crippen molar-refractivity contribution in [2.75, 3.05) is 5.75 Å². The maximum atomic E-state index is 12.5. The predicted octanol–water partition coefficient (Wildman–Crippen LogP) is 3.78. The van der Waals surface area contributed by atoms with Crippen molar-refractivity contribution in [2.45, 2.75) is 6.10 Å². The lowest BCUT2D eigenvalue weighted by atomic mass is 10.1. The molecular weight excluding hydrogens is 296 g/mol. The highest BCUT2D eigenvalue weighted by Gasteiger charge is 2.39. The quantitative estimate of drug-likeness (QED) is 0.594. The van der Waals surface area contributed by atoms with Crippen molar-refractivity contribution >= 4 is 23.3 Å². The monoisotopic (exact) mass is 308 g/mol. The first-order chi connectivity index (χ1) is 10.8. The van der Waals surface area contributed by atoms with Gasteiger partial charge in [-0.15, -0.1) is 0 Å². The highest BCUT2D eigenvalue weighted by atomic mass is 32.2. The van der Waals surface area contributed by atoms with E-state index in [1.165, 1.54) is 11.8 Å². The molecule has 1 saturated heterocycles. The van der Waals surface area contributed by atoms with Crippen LogP contribution in [-0.2, 0) is 4.74 Å². The van der Waals surface area contributed by atoms with E-state index in [0.717, 1.165) is 5.56 Å². The highest BCUT2D eigenvalue weighted by Crippen LogP contribution is 2.42. The number of fused-ring (bicyclic) bond motifs is 1. The number of hydrogen-bond donors (Lipinski definition) is 0. The van der Waals surface area contributed by atoms with Crippen molar-refractivity contribution < 1.29 is 14.3 Å². The number of ether oxygens (including phenoxy) is 1. The Bertz CT molecular complexity index is 771. The fourth-order valence-corrected chi connectivity index (χ4v) is 3.83. The van der Waals surface area contributed by atoms with Crippen molar-refractivity contribution in [3.8, 4) is 0 Å². The Labute approximate surface area is 132 Å². The summed E-state index contributed by atoms with van der Waals surface area (Å²) >= 11 is 1.44. The number of carbonyl (C=O) groups is 2. The first-order valence-corrected chi connectivity index (χ1v) is 8.01. The van der Waals surface area contributed by atoms with Gasteiger partial charge >= 0.3 is 0 Å². The molecule has 1 fully saturated rings. The molecule has 0 spiro atoms. The molecule has 0 radical (unpaired) electrons. The summed E-state index contributed by atoms with van der Waals surface area (Å²) in [5.41, 5.74) is 2.19. The molecule has 4 rings (SSSR count). The molecule has 3 nitrogen and oxygen atoms in total. The van der Waals surface area contributed by atoms with Crippen molar-refractivity contribution in [2.24, 2.45) is 0 Å². The van der Waals surface area contributed by atoms with E-state index in [9.17, 15) is 9.59 Å². The predicted molar refractivity (Wildman–Crippen MR) is 84.9 cm³/mol. The average Bonchev–Trinajstić information content (AvgIpc) is 3.13. The van der Waals surface area contributed by atoms with E-state index in [0.29, 0.717) is 22.0 Å². The number of thioether (sulfide) groups is 1. The molecule has 2 aliphatic rings. The zero-order valence-electron chi connectivity index (χ0n) is 11.6. The number of carbonyl (C=O) groups excluding carboxylic acids is 2. The summed E-state index contributed by atoms with van der Waals surface area (Å²) < 4.78 is 5.90. The minimum Gasteiger partial charge on any atom is -0.478 e. The Morgan fingerprint density at radius 1 is 0.864 bits per heavy atom. The Hall–Kier alpha value is -2.33. The summed E-state index contributed by atoms with van der Waals surface area (Å²) in [5.74, 6) is 0.258. The SMILES string of the molecule is O=C1C(=C2OC(c3ccccc3)CS2)C(=O)c2ccccc21. The van der Waals surface area contributed by atoms with Gasteiger partial charge in [0.15, 0.2) is 5.09 Å². The van der Waals surface area contributed by atoms with Gasteiger partial charge in [0.1, 0.15) is 11.7 Å². The normalized spacial score (nSPS) is 20.3. The fraction of sp³-hybridized carbons (Fsp3) is 0.111. The van der Waals surface area contributed by atoms with Crippen molar-refractivity contribution in [1.29, 1.82) is 0 Å². The topological polar surface area (TPSA) is 43.4 Å². The maximum Gasteiger partial charge on any atom is 0.202 e. The van der Waals surface area contributed by atoms with Crippen LogP contribution in [0.2, 0.25) is 0 Å². The van der Waals surface area contributed by atoms with E-state index in [1.807, 2.05) is 30.3 Å². The molecule has 1 aliphatic carbocycles. The molecule has 1 heterocycles. The molecule has 108 valence electrons. The average molecular weight is 308 g/mol. The lowest BCUT2D eigenvalue weighted by Gasteiger charge is -2.10. The summed E-state index contributed by atoms with van der Waals surface area (Å²) in [6.07, 6.45) is -0.113. The number of hydrogen-bond acceptors (Lipinski definition) is 4. The molecule has 1 atom stereocenters. The first kappa shape index (κ1) is 13.3. The summed E-state index contributed by atoms with van der Waals surface area (Å²) in [6, 6.07) is 16.8. The zero-order chi connectivity index (χ0) is 15.1. The van der Waals surface area contributed by atoms with Gasteiger partial charge in [-0.3, -0.25) is 9.59 Å². The van der Waals surface area contributed by atoms with E-state index >= 15 is 0 Å². The van der Waals surface area contributed by atoms with Gasteiger partial charge in [-0.1, -0.05) is 66.4 Å². The van der Waals surface area contributed by atoms with Gasteiger partial charge < -0.3 is 4.74 Å². The summed E-state index contributed by atoms with van der Waals surface area (Å²) in [7, 11) is 0. The van der Waals surface area contributed by atoms with E-state index in [2.05, 4.69) is 0 Å². The van der Waals surface area contributed by atoms with Gasteiger partial charge in [-0.25, -0.2) is 0 Å². The molecule has 4 heteroatoms. The van der Waals surface area contributed by atoms with Crippen molar-refractivity contribution in [3.05, 3.63) is 82.0 Å². The molecule has 22 heavy (non-hydrogen) atoms. The van der Waals surface area contributed by atoms with Crippen LogP contribution >= 0.6 is 11.8 Å². The molecular formula is C18H12O3S. The van der Waals surface area contributed by atoms with Crippen LogP contribution in [0.3, 0.4) is 0 Å². The van der Waals surface area contributed by atoms with Gasteiger partial charge in [0.2, 0.25) is 11.6 Å². The third kappa shape index (κ3) is 1.99. The van der Waals surface area contributed by atoms with E-state index in [-0.39, 0.29) is 23.2 Å². The smallest absolute Gasteiger partial charge is 0.202 e. The minimum absolute atomic E-state index is 0.113. The summed E-state index contributed by atoms with van der Waals surface area (Å²) in [4.78, 5) is 24.9. The Balaban J connectivity index is 1.70. The minimum atomic E-state index is -0.225. The van der Waals surface area contributed by atoms with Gasteiger partial charge in [0.25, 0.3) is 0 Å². The third-order valence-electron chi connectivity index (χ3n) is 3.86. The van der Waals surface area contributed by atoms with Crippen molar-refractivity contribution in [1.82, 2.24) is 0 Å². The lowest BCUT2D eigenvalue weighted by molar-refractivity contribution is 0.0970. The maximum absolute atomic E-state index is 12.5. The summed E-state index contributed by atoms with van der Waals surface area (Å²) in [6.45, 7) is 0. The van der Waals surface area contributed by atoms with Crippen LogP contribution in [0.4, 0.5) is 0 Å². The van der Waals surface area contributed by atoms with Crippen LogP contribution in [0.1, 0.15) is 32.4 Å².